The van der Waals surface area contributed by atoms with Crippen LogP contribution in [0.1, 0.15) is 19.4 Å². The van der Waals surface area contributed by atoms with Crippen LogP contribution in [0.3, 0.4) is 0 Å². The van der Waals surface area contributed by atoms with Gasteiger partial charge in [-0.3, -0.25) is 0 Å². The van der Waals surface area contributed by atoms with Gasteiger partial charge in [-0.15, -0.1) is 0 Å². The smallest absolute Gasteiger partial charge is 0.209 e. The second-order valence-corrected chi connectivity index (χ2v) is 7.59. The summed E-state index contributed by atoms with van der Waals surface area (Å²) in [4.78, 5) is 4.24. The summed E-state index contributed by atoms with van der Waals surface area (Å²) in [5.74, 6) is 0.751. The van der Waals surface area contributed by atoms with Gasteiger partial charge in [0.15, 0.2) is 0 Å². The molecular weight excluding hydrogens is 318 g/mol. The fourth-order valence-corrected chi connectivity index (χ4v) is 3.09. The lowest BCUT2D eigenvalue weighted by molar-refractivity contribution is 0.476. The van der Waals surface area contributed by atoms with Gasteiger partial charge in [0.25, 0.3) is 0 Å². The van der Waals surface area contributed by atoms with Gasteiger partial charge in [-0.1, -0.05) is 0 Å². The molecule has 102 valence electrons. The SMILES string of the molecule is Cc1cc(Br)cnc1NCC(C)(C)NS(C)(=O)=O. The van der Waals surface area contributed by atoms with Crippen LogP contribution in [-0.2, 0) is 10.0 Å². The third-order valence-corrected chi connectivity index (χ3v) is 3.56. The standard InChI is InChI=1S/C11H18BrN3O2S/c1-8-5-9(12)6-13-10(8)14-7-11(2,3)15-18(4,16)17/h5-6,15H,7H2,1-4H3,(H,13,14). The van der Waals surface area contributed by atoms with E-state index in [2.05, 4.69) is 31.0 Å². The minimum Gasteiger partial charge on any atom is -0.368 e. The molecule has 0 spiro atoms. The molecule has 0 unspecified atom stereocenters. The average molecular weight is 336 g/mol. The molecule has 2 N–H and O–H groups in total. The largest absolute Gasteiger partial charge is 0.368 e. The van der Waals surface area contributed by atoms with Crippen molar-refractivity contribution >= 4 is 31.8 Å². The van der Waals surface area contributed by atoms with E-state index in [1.807, 2.05) is 26.8 Å². The molecule has 1 heterocycles. The van der Waals surface area contributed by atoms with Crippen LogP contribution in [0.4, 0.5) is 5.82 Å². The summed E-state index contributed by atoms with van der Waals surface area (Å²) in [6.45, 7) is 6.02. The molecule has 0 saturated heterocycles. The highest BCUT2D eigenvalue weighted by Gasteiger charge is 2.22. The van der Waals surface area contributed by atoms with Gasteiger partial charge in [-0.05, 0) is 48.3 Å². The molecule has 1 aromatic rings. The molecule has 7 heteroatoms. The zero-order valence-electron chi connectivity index (χ0n) is 10.9. The van der Waals surface area contributed by atoms with E-state index in [0.29, 0.717) is 6.54 Å². The Morgan fingerprint density at radius 1 is 1.44 bits per heavy atom. The van der Waals surface area contributed by atoms with Crippen molar-refractivity contribution in [1.82, 2.24) is 9.71 Å². The highest BCUT2D eigenvalue weighted by molar-refractivity contribution is 9.10. The number of nitrogens with one attached hydrogen (secondary N) is 2. The Bertz CT molecular complexity index is 529. The van der Waals surface area contributed by atoms with Crippen molar-refractivity contribution in [3.05, 3.63) is 22.3 Å². The number of pyridine rings is 1. The molecule has 0 aliphatic heterocycles. The first-order chi connectivity index (χ1) is 8.09. The highest BCUT2D eigenvalue weighted by Crippen LogP contribution is 2.17. The molecule has 0 aliphatic carbocycles. The first-order valence-corrected chi connectivity index (χ1v) is 8.12. The maximum absolute atomic E-state index is 11.2. The third kappa shape index (κ3) is 5.32. The summed E-state index contributed by atoms with van der Waals surface area (Å²) in [7, 11) is -3.22. The predicted molar refractivity (Wildman–Crippen MR) is 77.2 cm³/mol. The lowest BCUT2D eigenvalue weighted by Gasteiger charge is -2.25. The number of nitrogens with zero attached hydrogens (tertiary/aromatic N) is 1. The number of rotatable bonds is 5. The number of halogens is 1. The lowest BCUT2D eigenvalue weighted by Crippen LogP contribution is -2.47. The summed E-state index contributed by atoms with van der Waals surface area (Å²) in [6, 6.07) is 1.95. The second-order valence-electron chi connectivity index (χ2n) is 4.93. The monoisotopic (exact) mass is 335 g/mol. The third-order valence-electron chi connectivity index (χ3n) is 2.20. The summed E-state index contributed by atoms with van der Waals surface area (Å²) < 4.78 is 25.9. The Balaban J connectivity index is 2.70. The van der Waals surface area contributed by atoms with Crippen molar-refractivity contribution in [3.63, 3.8) is 0 Å². The molecule has 1 rings (SSSR count). The van der Waals surface area contributed by atoms with Crippen LogP contribution in [-0.4, -0.2) is 31.7 Å². The minimum atomic E-state index is -3.22. The molecular formula is C11H18BrN3O2S. The zero-order valence-corrected chi connectivity index (χ0v) is 13.3. The van der Waals surface area contributed by atoms with E-state index in [1.54, 1.807) is 6.20 Å². The topological polar surface area (TPSA) is 71.1 Å². The number of aryl methyl sites for hydroxylation is 1. The molecule has 0 bridgehead atoms. The normalized spacial score (nSPS) is 12.5. The molecule has 0 aliphatic rings. The van der Waals surface area contributed by atoms with Crippen molar-refractivity contribution in [3.8, 4) is 0 Å². The van der Waals surface area contributed by atoms with Crippen molar-refractivity contribution in [2.45, 2.75) is 26.3 Å². The van der Waals surface area contributed by atoms with Crippen LogP contribution >= 0.6 is 15.9 Å². The van der Waals surface area contributed by atoms with E-state index in [-0.39, 0.29) is 0 Å². The van der Waals surface area contributed by atoms with Crippen LogP contribution in [0.15, 0.2) is 16.7 Å². The van der Waals surface area contributed by atoms with Gasteiger partial charge in [-0.2, -0.15) is 0 Å². The molecule has 0 radical (unpaired) electrons. The number of hydrogen-bond acceptors (Lipinski definition) is 4. The van der Waals surface area contributed by atoms with Gasteiger partial charge in [-0.25, -0.2) is 18.1 Å². The van der Waals surface area contributed by atoms with E-state index >= 15 is 0 Å². The maximum Gasteiger partial charge on any atom is 0.209 e. The predicted octanol–water partition coefficient (Wildman–Crippen LogP) is 1.89. The van der Waals surface area contributed by atoms with E-state index in [9.17, 15) is 8.42 Å². The molecule has 18 heavy (non-hydrogen) atoms. The minimum absolute atomic E-state index is 0.454. The van der Waals surface area contributed by atoms with Crippen molar-refractivity contribution in [2.24, 2.45) is 0 Å². The summed E-state index contributed by atoms with van der Waals surface area (Å²) in [5, 5.41) is 3.14. The Hall–Kier alpha value is -0.660. The number of hydrogen-bond donors (Lipinski definition) is 2. The molecule has 0 saturated carbocycles. The van der Waals surface area contributed by atoms with E-state index in [1.165, 1.54) is 0 Å². The fraction of sp³-hybridized carbons (Fsp3) is 0.545. The highest BCUT2D eigenvalue weighted by atomic mass is 79.9. The van der Waals surface area contributed by atoms with Gasteiger partial charge in [0.05, 0.1) is 6.26 Å². The van der Waals surface area contributed by atoms with Gasteiger partial charge in [0.1, 0.15) is 5.82 Å². The molecule has 0 fully saturated rings. The summed E-state index contributed by atoms with van der Waals surface area (Å²) in [5.41, 5.74) is 0.425. The second kappa shape index (κ2) is 5.54. The van der Waals surface area contributed by atoms with Gasteiger partial charge < -0.3 is 5.32 Å². The number of anilines is 1. The Morgan fingerprint density at radius 3 is 2.56 bits per heavy atom. The summed E-state index contributed by atoms with van der Waals surface area (Å²) >= 11 is 3.34. The first kappa shape index (κ1) is 15.4. The molecule has 0 atom stereocenters. The fourth-order valence-electron chi connectivity index (χ4n) is 1.57. The molecule has 0 amide bonds. The maximum atomic E-state index is 11.2. The van der Waals surface area contributed by atoms with E-state index in [4.69, 9.17) is 0 Å². The van der Waals surface area contributed by atoms with E-state index in [0.717, 1.165) is 22.1 Å². The van der Waals surface area contributed by atoms with Crippen LogP contribution < -0.4 is 10.0 Å². The van der Waals surface area contributed by atoms with Gasteiger partial charge in [0, 0.05) is 22.8 Å². The Kier molecular flexibility index (Phi) is 4.74. The molecule has 1 aromatic heterocycles. The van der Waals surface area contributed by atoms with Crippen LogP contribution in [0.2, 0.25) is 0 Å². The lowest BCUT2D eigenvalue weighted by atomic mass is 10.1. The van der Waals surface area contributed by atoms with Crippen molar-refractivity contribution in [2.75, 3.05) is 18.1 Å². The van der Waals surface area contributed by atoms with Crippen LogP contribution in [0.5, 0.6) is 0 Å². The molecule has 0 aromatic carbocycles. The average Bonchev–Trinajstić information content (AvgIpc) is 2.12. The van der Waals surface area contributed by atoms with E-state index < -0.39 is 15.6 Å². The summed E-state index contributed by atoms with van der Waals surface area (Å²) in [6.07, 6.45) is 2.85. The van der Waals surface area contributed by atoms with Gasteiger partial charge >= 0.3 is 0 Å². The number of sulfonamides is 1. The zero-order chi connectivity index (χ0) is 14.0. The van der Waals surface area contributed by atoms with Crippen LogP contribution in [0.25, 0.3) is 0 Å². The van der Waals surface area contributed by atoms with Crippen molar-refractivity contribution in [1.29, 1.82) is 0 Å². The Morgan fingerprint density at radius 2 is 2.06 bits per heavy atom. The molecule has 5 nitrogen and oxygen atoms in total. The first-order valence-electron chi connectivity index (χ1n) is 5.44. The van der Waals surface area contributed by atoms with Gasteiger partial charge in [0.2, 0.25) is 10.0 Å². The number of aromatic nitrogens is 1. The quantitative estimate of drug-likeness (QED) is 0.861. The van der Waals surface area contributed by atoms with Crippen LogP contribution in [0, 0.1) is 6.92 Å². The van der Waals surface area contributed by atoms with Crippen molar-refractivity contribution < 1.29 is 8.42 Å². The Labute approximate surface area is 117 Å².